The number of nitriles is 1. The molecule has 4 rings (SSSR count). The minimum Gasteiger partial charge on any atom is -0.321 e. The summed E-state index contributed by atoms with van der Waals surface area (Å²) < 4.78 is 0. The number of carbonyl (C=O) groups is 2. The van der Waals surface area contributed by atoms with E-state index in [0.29, 0.717) is 27.8 Å². The second-order valence-corrected chi connectivity index (χ2v) is 9.52. The van der Waals surface area contributed by atoms with Crippen molar-refractivity contribution in [2.24, 2.45) is 0 Å². The van der Waals surface area contributed by atoms with E-state index in [2.05, 4.69) is 5.32 Å². The lowest BCUT2D eigenvalue weighted by atomic mass is 10.1. The molecule has 1 fully saturated rings. The molecule has 1 aliphatic heterocycles. The van der Waals surface area contributed by atoms with Crippen LogP contribution in [0.4, 0.5) is 11.4 Å². The minimum absolute atomic E-state index is 0.105. The SMILES string of the molecule is Cc1cccc(C)c1NC(=O)/C(C#N)=C1\SC(Cc2ccccc2Cl)C(=O)N1c1ccccc1. The Morgan fingerprint density at radius 3 is 2.32 bits per heavy atom. The molecule has 3 aromatic rings. The van der Waals surface area contributed by atoms with Gasteiger partial charge in [0.25, 0.3) is 5.91 Å². The van der Waals surface area contributed by atoms with Gasteiger partial charge in [0, 0.05) is 16.4 Å². The van der Waals surface area contributed by atoms with E-state index in [-0.39, 0.29) is 11.5 Å². The zero-order valence-electron chi connectivity index (χ0n) is 18.7. The number of aryl methyl sites for hydroxylation is 2. The van der Waals surface area contributed by atoms with E-state index in [1.807, 2.05) is 74.5 Å². The van der Waals surface area contributed by atoms with Gasteiger partial charge in [-0.25, -0.2) is 0 Å². The van der Waals surface area contributed by atoms with Crippen LogP contribution in [0.3, 0.4) is 0 Å². The Hall–Kier alpha value is -3.53. The maximum Gasteiger partial charge on any atom is 0.269 e. The summed E-state index contributed by atoms with van der Waals surface area (Å²) in [5.74, 6) is -0.742. The molecule has 1 heterocycles. The van der Waals surface area contributed by atoms with Crippen LogP contribution in [0.5, 0.6) is 0 Å². The summed E-state index contributed by atoms with van der Waals surface area (Å²) in [4.78, 5) is 28.3. The largest absolute Gasteiger partial charge is 0.321 e. The van der Waals surface area contributed by atoms with E-state index in [1.165, 1.54) is 16.7 Å². The standard InChI is InChI=1S/C27H22ClN3O2S/c1-17-9-8-10-18(2)24(17)30-25(32)21(16-29)27-31(20-12-4-3-5-13-20)26(33)23(34-27)15-19-11-6-7-14-22(19)28/h3-14,23H,15H2,1-2H3,(H,30,32)/b27-21-. The van der Waals surface area contributed by atoms with Gasteiger partial charge in [-0.1, -0.05) is 78.0 Å². The van der Waals surface area contributed by atoms with Crippen molar-refractivity contribution in [1.82, 2.24) is 0 Å². The predicted molar refractivity (Wildman–Crippen MR) is 138 cm³/mol. The van der Waals surface area contributed by atoms with Crippen LogP contribution in [-0.4, -0.2) is 17.1 Å². The van der Waals surface area contributed by atoms with E-state index in [9.17, 15) is 14.9 Å². The monoisotopic (exact) mass is 487 g/mol. The second-order valence-electron chi connectivity index (χ2n) is 7.92. The Balaban J connectivity index is 1.75. The fourth-order valence-electron chi connectivity index (χ4n) is 3.85. The van der Waals surface area contributed by atoms with Gasteiger partial charge in [-0.15, -0.1) is 0 Å². The maximum absolute atomic E-state index is 13.5. The van der Waals surface area contributed by atoms with Crippen LogP contribution in [0.2, 0.25) is 5.02 Å². The van der Waals surface area contributed by atoms with Gasteiger partial charge in [0.2, 0.25) is 5.91 Å². The van der Waals surface area contributed by atoms with Gasteiger partial charge in [-0.05, 0) is 55.2 Å². The van der Waals surface area contributed by atoms with E-state index in [1.54, 1.807) is 18.2 Å². The first-order valence-electron chi connectivity index (χ1n) is 10.7. The van der Waals surface area contributed by atoms with Crippen LogP contribution >= 0.6 is 23.4 Å². The van der Waals surface area contributed by atoms with Crippen LogP contribution in [0.1, 0.15) is 16.7 Å². The van der Waals surface area contributed by atoms with Crippen molar-refractivity contribution in [3.8, 4) is 6.07 Å². The van der Waals surface area contributed by atoms with Gasteiger partial charge in [0.05, 0.1) is 5.25 Å². The highest BCUT2D eigenvalue weighted by atomic mass is 35.5. The van der Waals surface area contributed by atoms with Crippen molar-refractivity contribution in [3.63, 3.8) is 0 Å². The molecular weight excluding hydrogens is 466 g/mol. The molecule has 0 bridgehead atoms. The topological polar surface area (TPSA) is 73.2 Å². The smallest absolute Gasteiger partial charge is 0.269 e. The number of amides is 2. The highest BCUT2D eigenvalue weighted by Gasteiger charge is 2.41. The number of halogens is 1. The maximum atomic E-state index is 13.5. The van der Waals surface area contributed by atoms with Gasteiger partial charge in [0.15, 0.2) is 0 Å². The number of anilines is 2. The second kappa shape index (κ2) is 10.2. The zero-order chi connectivity index (χ0) is 24.2. The molecule has 0 aromatic heterocycles. The number of nitrogens with one attached hydrogen (secondary N) is 1. The molecule has 2 amide bonds. The molecule has 1 aliphatic rings. The molecule has 5 nitrogen and oxygen atoms in total. The third-order valence-electron chi connectivity index (χ3n) is 5.60. The number of benzene rings is 3. The summed E-state index contributed by atoms with van der Waals surface area (Å²) in [6.07, 6.45) is 0.382. The Morgan fingerprint density at radius 1 is 1.03 bits per heavy atom. The lowest BCUT2D eigenvalue weighted by Crippen LogP contribution is -2.31. The zero-order valence-corrected chi connectivity index (χ0v) is 20.3. The molecule has 1 N–H and O–H groups in total. The van der Waals surface area contributed by atoms with E-state index >= 15 is 0 Å². The lowest BCUT2D eigenvalue weighted by Gasteiger charge is -2.19. The highest BCUT2D eigenvalue weighted by molar-refractivity contribution is 8.05. The highest BCUT2D eigenvalue weighted by Crippen LogP contribution is 2.42. The van der Waals surface area contributed by atoms with E-state index < -0.39 is 11.2 Å². The third-order valence-corrected chi connectivity index (χ3v) is 7.23. The predicted octanol–water partition coefficient (Wildman–Crippen LogP) is 6.02. The normalized spacial score (nSPS) is 16.8. The van der Waals surface area contributed by atoms with Crippen LogP contribution in [0, 0.1) is 25.2 Å². The van der Waals surface area contributed by atoms with Crippen molar-refractivity contribution < 1.29 is 9.59 Å². The van der Waals surface area contributed by atoms with Crippen LogP contribution < -0.4 is 10.2 Å². The summed E-state index contributed by atoms with van der Waals surface area (Å²) in [5.41, 5.74) is 3.78. The molecule has 170 valence electrons. The Bertz CT molecular complexity index is 1310. The van der Waals surface area contributed by atoms with Crippen molar-refractivity contribution in [2.45, 2.75) is 25.5 Å². The molecule has 3 aromatic carbocycles. The van der Waals surface area contributed by atoms with E-state index in [0.717, 1.165) is 16.7 Å². The van der Waals surface area contributed by atoms with Crippen LogP contribution in [-0.2, 0) is 16.0 Å². The summed E-state index contributed by atoms with van der Waals surface area (Å²) in [7, 11) is 0. The first-order chi connectivity index (χ1) is 16.4. The molecule has 34 heavy (non-hydrogen) atoms. The number of nitrogens with zero attached hydrogens (tertiary/aromatic N) is 2. The summed E-state index contributed by atoms with van der Waals surface area (Å²) in [6, 6.07) is 24.2. The quantitative estimate of drug-likeness (QED) is 0.352. The molecule has 1 atom stereocenters. The molecule has 1 saturated heterocycles. The van der Waals surface area contributed by atoms with Gasteiger partial charge >= 0.3 is 0 Å². The van der Waals surface area contributed by atoms with Gasteiger partial charge in [0.1, 0.15) is 16.7 Å². The fourth-order valence-corrected chi connectivity index (χ4v) is 5.36. The van der Waals surface area contributed by atoms with Gasteiger partial charge in [-0.2, -0.15) is 5.26 Å². The number of thioether (sulfide) groups is 1. The van der Waals surface area contributed by atoms with Gasteiger partial charge < -0.3 is 5.32 Å². The van der Waals surface area contributed by atoms with Crippen LogP contribution in [0.25, 0.3) is 0 Å². The lowest BCUT2D eigenvalue weighted by molar-refractivity contribution is -0.117. The van der Waals surface area contributed by atoms with Crippen molar-refractivity contribution in [1.29, 1.82) is 5.26 Å². The number of hydrogen-bond donors (Lipinski definition) is 1. The third kappa shape index (κ3) is 4.72. The molecule has 0 aliphatic carbocycles. The molecule has 0 saturated carbocycles. The van der Waals surface area contributed by atoms with Crippen molar-refractivity contribution in [3.05, 3.63) is 105 Å². The van der Waals surface area contributed by atoms with Gasteiger partial charge in [-0.3, -0.25) is 14.5 Å². The average Bonchev–Trinajstić information content (AvgIpc) is 3.14. The summed E-state index contributed by atoms with van der Waals surface area (Å²) in [5, 5.41) is 13.3. The summed E-state index contributed by atoms with van der Waals surface area (Å²) in [6.45, 7) is 3.79. The first kappa shape index (κ1) is 23.6. The van der Waals surface area contributed by atoms with Crippen LogP contribution in [0.15, 0.2) is 83.4 Å². The number of carbonyl (C=O) groups excluding carboxylic acids is 2. The number of hydrogen-bond acceptors (Lipinski definition) is 4. The molecule has 0 radical (unpaired) electrons. The molecule has 7 heteroatoms. The molecule has 0 spiro atoms. The van der Waals surface area contributed by atoms with Crippen molar-refractivity contribution in [2.75, 3.05) is 10.2 Å². The number of rotatable bonds is 5. The Kier molecular flexibility index (Phi) is 7.06. The number of para-hydroxylation sites is 2. The van der Waals surface area contributed by atoms with Crippen molar-refractivity contribution >= 4 is 46.6 Å². The Labute approximate surface area is 208 Å². The minimum atomic E-state index is -0.547. The summed E-state index contributed by atoms with van der Waals surface area (Å²) >= 11 is 7.56. The molecule has 1 unspecified atom stereocenters. The fraction of sp³-hybridized carbons (Fsp3) is 0.148. The Morgan fingerprint density at radius 2 is 1.68 bits per heavy atom. The van der Waals surface area contributed by atoms with E-state index in [4.69, 9.17) is 11.6 Å². The first-order valence-corrected chi connectivity index (χ1v) is 12.0. The molecular formula is C27H22ClN3O2S. The average molecular weight is 488 g/mol.